The van der Waals surface area contributed by atoms with Gasteiger partial charge in [0, 0.05) is 19.2 Å². The highest BCUT2D eigenvalue weighted by Gasteiger charge is 2.01. The molecular weight excluding hydrogens is 245 g/mol. The lowest BCUT2D eigenvalue weighted by Crippen LogP contribution is -2.00. The van der Waals surface area contributed by atoms with Crippen LogP contribution in [0.2, 0.25) is 0 Å². The summed E-state index contributed by atoms with van der Waals surface area (Å²) >= 11 is 0. The highest BCUT2D eigenvalue weighted by Crippen LogP contribution is 2.25. The molecule has 0 fully saturated rings. The van der Waals surface area contributed by atoms with E-state index in [4.69, 9.17) is 24.5 Å². The first-order valence-corrected chi connectivity index (χ1v) is 6.52. The Morgan fingerprint density at radius 1 is 1.53 bits per heavy atom. The molecule has 0 spiro atoms. The van der Waals surface area contributed by atoms with Crippen molar-refractivity contribution in [3.63, 3.8) is 0 Å². The van der Waals surface area contributed by atoms with Crippen molar-refractivity contribution >= 4 is 7.82 Å². The number of nitrogens with zero attached hydrogens (tertiary/aromatic N) is 3. The normalized spacial score (nSPS) is 10.4. The maximum atomic E-state index is 8.88. The van der Waals surface area contributed by atoms with Crippen LogP contribution in [0, 0.1) is 18.3 Å². The van der Waals surface area contributed by atoms with Gasteiger partial charge in [-0.1, -0.05) is 6.92 Å². The van der Waals surface area contributed by atoms with Gasteiger partial charge in [0.05, 0.1) is 18.2 Å². The topological polar surface area (TPSA) is 119 Å². The molecule has 3 N–H and O–H groups in total. The molecule has 0 radical (unpaired) electrons. The number of nitriles is 1. The maximum Gasteiger partial charge on any atom is 0.466 e. The zero-order chi connectivity index (χ0) is 13.5. The Hall–Kier alpha value is -1.19. The molecule has 7 nitrogen and oxygen atoms in total. The van der Waals surface area contributed by atoms with Gasteiger partial charge in [0.25, 0.3) is 0 Å². The first-order valence-electron chi connectivity index (χ1n) is 4.95. The third-order valence-electron chi connectivity index (χ3n) is 1.76. The van der Waals surface area contributed by atoms with Gasteiger partial charge in [0.1, 0.15) is 5.82 Å². The van der Waals surface area contributed by atoms with Gasteiger partial charge < -0.3 is 19.2 Å². The molecule has 0 saturated carbocycles. The molecule has 0 saturated heterocycles. The van der Waals surface area contributed by atoms with Crippen LogP contribution in [-0.2, 0) is 17.5 Å². The molecule has 1 aromatic rings. The Kier molecular flexibility index (Phi) is 6.69. The zero-order valence-corrected chi connectivity index (χ0v) is 10.6. The lowest BCUT2D eigenvalue weighted by atomic mass is 10.4. The van der Waals surface area contributed by atoms with Crippen LogP contribution in [0.1, 0.15) is 24.9 Å². The first kappa shape index (κ1) is 15.8. The molecule has 0 aromatic carbocycles. The molecule has 1 aromatic heterocycles. The van der Waals surface area contributed by atoms with Crippen molar-refractivity contribution in [2.75, 3.05) is 0 Å². The Labute approximate surface area is 99.6 Å². The lowest BCUT2D eigenvalue weighted by Gasteiger charge is -2.01. The lowest BCUT2D eigenvalue weighted by molar-refractivity contribution is 0.275. The van der Waals surface area contributed by atoms with Crippen molar-refractivity contribution in [2.24, 2.45) is 0 Å². The fourth-order valence-electron chi connectivity index (χ4n) is 1.24. The summed E-state index contributed by atoms with van der Waals surface area (Å²) in [5.74, 6) is 1.07. The highest BCUT2D eigenvalue weighted by molar-refractivity contribution is 7.45. The number of aromatic nitrogens is 2. The van der Waals surface area contributed by atoms with Crippen LogP contribution in [0.3, 0.4) is 0 Å². The molecule has 1 heterocycles. The molecule has 0 unspecified atom stereocenters. The molecular formula is C9H16N3O4P. The minimum Gasteiger partial charge on any atom is -0.334 e. The molecule has 0 amide bonds. The quantitative estimate of drug-likeness (QED) is 0.690. The van der Waals surface area contributed by atoms with E-state index in [1.165, 1.54) is 0 Å². The van der Waals surface area contributed by atoms with Crippen LogP contribution >= 0.6 is 7.82 Å². The molecule has 0 aliphatic heterocycles. The Balaban J connectivity index is 0.000000437. The molecule has 17 heavy (non-hydrogen) atoms. The van der Waals surface area contributed by atoms with Crippen LogP contribution in [0.5, 0.6) is 0 Å². The van der Waals surface area contributed by atoms with Crippen LogP contribution in [-0.4, -0.2) is 24.2 Å². The SMILES string of the molecule is CCc1nc(C)cn1CCC#N.O=P(O)(O)O. The average Bonchev–Trinajstić information content (AvgIpc) is 2.53. The molecule has 1 rings (SSSR count). The molecule has 8 heteroatoms. The predicted octanol–water partition coefficient (Wildman–Crippen LogP) is 0.739. The largest absolute Gasteiger partial charge is 0.466 e. The first-order chi connectivity index (χ1) is 7.77. The van der Waals surface area contributed by atoms with Gasteiger partial charge in [0.15, 0.2) is 0 Å². The molecule has 0 aliphatic rings. The number of rotatable bonds is 3. The van der Waals surface area contributed by atoms with E-state index >= 15 is 0 Å². The van der Waals surface area contributed by atoms with Crippen LogP contribution < -0.4 is 0 Å². The average molecular weight is 261 g/mol. The minimum absolute atomic E-state index is 0.558. The summed E-state index contributed by atoms with van der Waals surface area (Å²) in [5, 5.41) is 8.41. The molecule has 0 atom stereocenters. The van der Waals surface area contributed by atoms with E-state index in [9.17, 15) is 0 Å². The van der Waals surface area contributed by atoms with E-state index in [2.05, 4.69) is 22.5 Å². The maximum absolute atomic E-state index is 8.88. The fourth-order valence-corrected chi connectivity index (χ4v) is 1.24. The summed E-state index contributed by atoms with van der Waals surface area (Å²) < 4.78 is 10.9. The number of aryl methyl sites for hydroxylation is 3. The van der Waals surface area contributed by atoms with Crippen LogP contribution in [0.15, 0.2) is 6.20 Å². The fraction of sp³-hybridized carbons (Fsp3) is 0.556. The van der Waals surface area contributed by atoms with Crippen molar-refractivity contribution in [1.29, 1.82) is 5.26 Å². The molecule has 96 valence electrons. The number of imidazole rings is 1. The summed E-state index contributed by atoms with van der Waals surface area (Å²) in [6.45, 7) is 4.81. The summed E-state index contributed by atoms with van der Waals surface area (Å²) in [6.07, 6.45) is 3.48. The van der Waals surface area contributed by atoms with Gasteiger partial charge >= 0.3 is 7.82 Å². The molecule has 0 bridgehead atoms. The van der Waals surface area contributed by atoms with Crippen molar-refractivity contribution in [3.05, 3.63) is 17.7 Å². The van der Waals surface area contributed by atoms with Crippen LogP contribution in [0.4, 0.5) is 0 Å². The van der Waals surface area contributed by atoms with E-state index in [1.54, 1.807) is 0 Å². The van der Waals surface area contributed by atoms with Crippen molar-refractivity contribution < 1.29 is 19.2 Å². The zero-order valence-electron chi connectivity index (χ0n) is 9.74. The van der Waals surface area contributed by atoms with E-state index in [0.29, 0.717) is 6.42 Å². The van der Waals surface area contributed by atoms with E-state index < -0.39 is 7.82 Å². The van der Waals surface area contributed by atoms with Gasteiger partial charge in [-0.3, -0.25) is 0 Å². The smallest absolute Gasteiger partial charge is 0.334 e. The third kappa shape index (κ3) is 8.60. The predicted molar refractivity (Wildman–Crippen MR) is 60.8 cm³/mol. The van der Waals surface area contributed by atoms with Crippen molar-refractivity contribution in [3.8, 4) is 6.07 Å². The highest BCUT2D eigenvalue weighted by atomic mass is 31.2. The van der Waals surface area contributed by atoms with Gasteiger partial charge in [0.2, 0.25) is 0 Å². The standard InChI is InChI=1S/C9H13N3.H3O4P/c1-3-9-11-8(2)7-12(9)6-4-5-10;1-5(2,3)4/h7H,3-4,6H2,1-2H3;(H3,1,2,3,4). The minimum atomic E-state index is -4.64. The van der Waals surface area contributed by atoms with Gasteiger partial charge in [-0.25, -0.2) is 9.55 Å². The Morgan fingerprint density at radius 3 is 2.47 bits per heavy atom. The molecule has 0 aliphatic carbocycles. The van der Waals surface area contributed by atoms with Gasteiger partial charge in [-0.05, 0) is 6.92 Å². The second-order valence-electron chi connectivity index (χ2n) is 3.27. The summed E-state index contributed by atoms with van der Waals surface area (Å²) in [5.41, 5.74) is 1.03. The van der Waals surface area contributed by atoms with Gasteiger partial charge in [-0.2, -0.15) is 5.26 Å². The number of hydrogen-bond acceptors (Lipinski definition) is 3. The van der Waals surface area contributed by atoms with E-state index in [1.807, 2.05) is 13.1 Å². The Bertz CT molecular complexity index is 424. The number of hydrogen-bond donors (Lipinski definition) is 3. The summed E-state index contributed by atoms with van der Waals surface area (Å²) in [6, 6.07) is 2.13. The van der Waals surface area contributed by atoms with Crippen molar-refractivity contribution in [2.45, 2.75) is 33.2 Å². The van der Waals surface area contributed by atoms with Crippen molar-refractivity contribution in [1.82, 2.24) is 9.55 Å². The summed E-state index contributed by atoms with van der Waals surface area (Å²) in [4.78, 5) is 25.9. The third-order valence-corrected chi connectivity index (χ3v) is 1.76. The van der Waals surface area contributed by atoms with E-state index in [0.717, 1.165) is 24.5 Å². The van der Waals surface area contributed by atoms with Crippen LogP contribution in [0.25, 0.3) is 0 Å². The second kappa shape index (κ2) is 7.20. The summed E-state index contributed by atoms with van der Waals surface area (Å²) in [7, 11) is -4.64. The number of phosphoric acid groups is 1. The van der Waals surface area contributed by atoms with Gasteiger partial charge in [-0.15, -0.1) is 0 Å². The Morgan fingerprint density at radius 2 is 2.06 bits per heavy atom. The monoisotopic (exact) mass is 261 g/mol. The van der Waals surface area contributed by atoms with E-state index in [-0.39, 0.29) is 0 Å². The second-order valence-corrected chi connectivity index (χ2v) is 4.29.